The highest BCUT2D eigenvalue weighted by atomic mass is 16.4. The molecule has 0 aliphatic heterocycles. The molecule has 0 fully saturated rings. The van der Waals surface area contributed by atoms with Gasteiger partial charge in [-0.15, -0.1) is 0 Å². The molecule has 4 nitrogen and oxygen atoms in total. The Labute approximate surface area is 82.2 Å². The number of carboxylic acids is 1. The van der Waals surface area contributed by atoms with Crippen LogP contribution < -0.4 is 0 Å². The van der Waals surface area contributed by atoms with Crippen LogP contribution in [0.5, 0.6) is 0 Å². The second-order valence-corrected chi connectivity index (χ2v) is 3.57. The van der Waals surface area contributed by atoms with Crippen LogP contribution in [-0.4, -0.2) is 28.1 Å². The third kappa shape index (κ3) is 2.42. The highest BCUT2D eigenvalue weighted by molar-refractivity contribution is 5.99. The van der Waals surface area contributed by atoms with Crippen molar-refractivity contribution in [2.75, 3.05) is 0 Å². The number of rotatable bonds is 3. The third-order valence-electron chi connectivity index (χ3n) is 2.38. The first-order valence-electron chi connectivity index (χ1n) is 4.68. The molecule has 0 amide bonds. The largest absolute Gasteiger partial charge is 0.481 e. The average molecular weight is 198 g/mol. The maximum Gasteiger partial charge on any atom is 0.310 e. The van der Waals surface area contributed by atoms with E-state index in [0.717, 1.165) is 0 Å². The van der Waals surface area contributed by atoms with Crippen molar-refractivity contribution in [3.8, 4) is 0 Å². The van der Waals surface area contributed by atoms with E-state index in [1.165, 1.54) is 13.0 Å². The first-order valence-corrected chi connectivity index (χ1v) is 4.68. The predicted octanol–water partition coefficient (Wildman–Crippen LogP) is 0.747. The molecule has 0 saturated heterocycles. The summed E-state index contributed by atoms with van der Waals surface area (Å²) < 4.78 is 0. The summed E-state index contributed by atoms with van der Waals surface area (Å²) in [5.41, 5.74) is 0.457. The van der Waals surface area contributed by atoms with Gasteiger partial charge in [-0.25, -0.2) is 0 Å². The summed E-state index contributed by atoms with van der Waals surface area (Å²) in [6.45, 7) is 1.40. The minimum Gasteiger partial charge on any atom is -0.481 e. The second-order valence-electron chi connectivity index (χ2n) is 3.57. The monoisotopic (exact) mass is 198 g/mol. The molecular formula is C10H14O4. The van der Waals surface area contributed by atoms with E-state index >= 15 is 0 Å². The van der Waals surface area contributed by atoms with Crippen molar-refractivity contribution < 1.29 is 19.8 Å². The minimum absolute atomic E-state index is 0.351. The summed E-state index contributed by atoms with van der Waals surface area (Å²) in [5.74, 6) is -1.82. The zero-order valence-corrected chi connectivity index (χ0v) is 8.06. The number of carbonyl (C=O) groups excluding carboxylic acids is 1. The van der Waals surface area contributed by atoms with Crippen molar-refractivity contribution in [2.24, 2.45) is 5.92 Å². The quantitative estimate of drug-likeness (QED) is 0.701. The number of Topliss-reactive ketones (excluding diaryl/α,β-unsaturated/α-hetero) is 1. The summed E-state index contributed by atoms with van der Waals surface area (Å²) in [5, 5.41) is 17.8. The van der Waals surface area contributed by atoms with Crippen molar-refractivity contribution in [3.05, 3.63) is 11.6 Å². The van der Waals surface area contributed by atoms with E-state index in [0.29, 0.717) is 24.8 Å². The van der Waals surface area contributed by atoms with Gasteiger partial charge in [0.1, 0.15) is 6.10 Å². The van der Waals surface area contributed by atoms with Crippen LogP contribution in [-0.2, 0) is 9.59 Å². The lowest BCUT2D eigenvalue weighted by Gasteiger charge is -2.17. The summed E-state index contributed by atoms with van der Waals surface area (Å²) in [6.07, 6.45) is 2.29. The molecular weight excluding hydrogens is 184 g/mol. The number of aliphatic hydroxyl groups is 1. The van der Waals surface area contributed by atoms with Gasteiger partial charge in [0.15, 0.2) is 5.78 Å². The average Bonchev–Trinajstić information content (AvgIpc) is 2.16. The molecule has 0 unspecified atom stereocenters. The van der Waals surface area contributed by atoms with Crippen LogP contribution in [0.1, 0.15) is 26.2 Å². The van der Waals surface area contributed by atoms with Gasteiger partial charge in [-0.05, 0) is 31.8 Å². The Morgan fingerprint density at radius 2 is 2.21 bits per heavy atom. The van der Waals surface area contributed by atoms with Crippen LogP contribution in [0, 0.1) is 5.92 Å². The highest BCUT2D eigenvalue weighted by Gasteiger charge is 2.24. The molecule has 1 aliphatic rings. The Bertz CT molecular complexity index is 278. The fourth-order valence-electron chi connectivity index (χ4n) is 1.59. The number of hydrogen-bond donors (Lipinski definition) is 2. The van der Waals surface area contributed by atoms with Crippen molar-refractivity contribution in [1.29, 1.82) is 0 Å². The summed E-state index contributed by atoms with van der Waals surface area (Å²) in [6, 6.07) is 0. The molecule has 0 heterocycles. The Morgan fingerprint density at radius 1 is 1.57 bits per heavy atom. The molecule has 1 aliphatic carbocycles. The van der Waals surface area contributed by atoms with Crippen molar-refractivity contribution in [1.82, 2.24) is 0 Å². The normalized spacial score (nSPS) is 23.9. The fraction of sp³-hybridized carbons (Fsp3) is 0.600. The van der Waals surface area contributed by atoms with E-state index in [-0.39, 0.29) is 5.78 Å². The van der Waals surface area contributed by atoms with Crippen molar-refractivity contribution >= 4 is 11.8 Å². The molecule has 0 aromatic carbocycles. The Balaban J connectivity index is 2.78. The first-order chi connectivity index (χ1) is 6.52. The SMILES string of the molecule is C[C@H](O)C(=O)C1=C[C@H](C(=O)O)CCC1. The van der Waals surface area contributed by atoms with E-state index in [9.17, 15) is 9.59 Å². The number of carbonyl (C=O) groups is 2. The molecule has 0 radical (unpaired) electrons. The molecule has 1 rings (SSSR count). The molecule has 0 aromatic heterocycles. The van der Waals surface area contributed by atoms with Gasteiger partial charge < -0.3 is 10.2 Å². The van der Waals surface area contributed by atoms with Crippen LogP contribution >= 0.6 is 0 Å². The van der Waals surface area contributed by atoms with E-state index in [2.05, 4.69) is 0 Å². The van der Waals surface area contributed by atoms with E-state index in [1.807, 2.05) is 0 Å². The first kappa shape index (κ1) is 10.9. The van der Waals surface area contributed by atoms with Crippen LogP contribution in [0.2, 0.25) is 0 Å². The molecule has 0 bridgehead atoms. The Hall–Kier alpha value is -1.16. The lowest BCUT2D eigenvalue weighted by Crippen LogP contribution is -2.23. The maximum absolute atomic E-state index is 11.4. The zero-order valence-electron chi connectivity index (χ0n) is 8.06. The van der Waals surface area contributed by atoms with Crippen LogP contribution in [0.25, 0.3) is 0 Å². The molecule has 0 spiro atoms. The molecule has 2 atom stereocenters. The van der Waals surface area contributed by atoms with Crippen LogP contribution in [0.4, 0.5) is 0 Å². The molecule has 78 valence electrons. The Kier molecular flexibility index (Phi) is 3.41. The molecule has 14 heavy (non-hydrogen) atoms. The number of hydrogen-bond acceptors (Lipinski definition) is 3. The van der Waals surface area contributed by atoms with E-state index in [4.69, 9.17) is 10.2 Å². The number of carboxylic acid groups (broad SMARTS) is 1. The maximum atomic E-state index is 11.4. The van der Waals surface area contributed by atoms with Crippen LogP contribution in [0.3, 0.4) is 0 Å². The van der Waals surface area contributed by atoms with E-state index < -0.39 is 18.0 Å². The van der Waals surface area contributed by atoms with Gasteiger partial charge in [-0.2, -0.15) is 0 Å². The summed E-state index contributed by atoms with van der Waals surface area (Å²) >= 11 is 0. The smallest absolute Gasteiger partial charge is 0.310 e. The molecule has 0 saturated carbocycles. The van der Waals surface area contributed by atoms with Gasteiger partial charge in [0, 0.05) is 0 Å². The minimum atomic E-state index is -1.03. The standard InChI is InChI=1S/C10H14O4/c1-6(11)9(12)7-3-2-4-8(5-7)10(13)14/h5-6,8,11H,2-4H2,1H3,(H,13,14)/t6-,8+/m0/s1. The van der Waals surface area contributed by atoms with Gasteiger partial charge in [0.25, 0.3) is 0 Å². The lowest BCUT2D eigenvalue weighted by atomic mass is 9.87. The number of aliphatic hydroxyl groups excluding tert-OH is 1. The molecule has 0 aromatic rings. The fourth-order valence-corrected chi connectivity index (χ4v) is 1.59. The topological polar surface area (TPSA) is 74.6 Å². The van der Waals surface area contributed by atoms with Gasteiger partial charge in [-0.1, -0.05) is 6.08 Å². The summed E-state index contributed by atoms with van der Waals surface area (Å²) in [7, 11) is 0. The van der Waals surface area contributed by atoms with Gasteiger partial charge >= 0.3 is 5.97 Å². The summed E-state index contributed by atoms with van der Waals surface area (Å²) in [4.78, 5) is 22.0. The van der Waals surface area contributed by atoms with E-state index in [1.54, 1.807) is 0 Å². The lowest BCUT2D eigenvalue weighted by molar-refractivity contribution is -0.140. The van der Waals surface area contributed by atoms with Crippen molar-refractivity contribution in [3.63, 3.8) is 0 Å². The van der Waals surface area contributed by atoms with Crippen LogP contribution in [0.15, 0.2) is 11.6 Å². The van der Waals surface area contributed by atoms with Crippen molar-refractivity contribution in [2.45, 2.75) is 32.3 Å². The van der Waals surface area contributed by atoms with Gasteiger partial charge in [0.05, 0.1) is 5.92 Å². The number of ketones is 1. The van der Waals surface area contributed by atoms with Gasteiger partial charge in [-0.3, -0.25) is 9.59 Å². The second kappa shape index (κ2) is 4.37. The Morgan fingerprint density at radius 3 is 2.71 bits per heavy atom. The third-order valence-corrected chi connectivity index (χ3v) is 2.38. The molecule has 2 N–H and O–H groups in total. The highest BCUT2D eigenvalue weighted by Crippen LogP contribution is 2.24. The van der Waals surface area contributed by atoms with Gasteiger partial charge in [0.2, 0.25) is 0 Å². The number of aliphatic carboxylic acids is 1. The zero-order chi connectivity index (χ0) is 10.7. The predicted molar refractivity (Wildman–Crippen MR) is 49.7 cm³/mol. The molecule has 4 heteroatoms.